The van der Waals surface area contributed by atoms with E-state index in [1.165, 1.54) is 37.4 Å². The third kappa shape index (κ3) is 7.04. The summed E-state index contributed by atoms with van der Waals surface area (Å²) in [6, 6.07) is 9.37. The molecule has 0 bridgehead atoms. The Labute approximate surface area is 251 Å². The summed E-state index contributed by atoms with van der Waals surface area (Å²) < 4.78 is 101. The predicted molar refractivity (Wildman–Crippen MR) is 155 cm³/mol. The van der Waals surface area contributed by atoms with Crippen molar-refractivity contribution in [3.05, 3.63) is 76.2 Å². The van der Waals surface area contributed by atoms with Gasteiger partial charge in [-0.05, 0) is 61.7 Å². The molecule has 2 aromatic carbocycles. The molecule has 0 aliphatic carbocycles. The Morgan fingerprint density at radius 1 is 1.26 bits per heavy atom. The lowest BCUT2D eigenvalue weighted by molar-refractivity contribution is -0.138. The standard InChI is InChI=1S/C29H28ClF4N3O5S/c1-4-41-28-25(14-19(15-36-28)29(32,33)34)43(38,39)37-16-20(9-11-26(35)40-3)42-24-10-8-18(13-23(24)37)12-17(2)27-21(30)6-5-7-22(27)31/h5-8,10,12-15,20,35H,4,9,11,16H2,1-3H3/b17-12+,35-26?/t20-/m0/s1. The Bertz CT molecular complexity index is 1640. The largest absolute Gasteiger partial charge is 0.486 e. The summed E-state index contributed by atoms with van der Waals surface area (Å²) >= 11 is 6.21. The molecule has 1 N–H and O–H groups in total. The zero-order valence-electron chi connectivity index (χ0n) is 23.3. The minimum Gasteiger partial charge on any atom is -0.486 e. The topological polar surface area (TPSA) is 102 Å². The lowest BCUT2D eigenvalue weighted by atomic mass is 10.0. The Balaban J connectivity index is 1.85. The minimum absolute atomic E-state index is 0.0408. The molecule has 3 aromatic rings. The molecule has 0 saturated heterocycles. The first-order valence-electron chi connectivity index (χ1n) is 13.0. The highest BCUT2D eigenvalue weighted by Gasteiger charge is 2.39. The van der Waals surface area contributed by atoms with Gasteiger partial charge in [-0.15, -0.1) is 0 Å². The van der Waals surface area contributed by atoms with Gasteiger partial charge in [-0.25, -0.2) is 17.8 Å². The number of fused-ring (bicyclic) bond motifs is 1. The summed E-state index contributed by atoms with van der Waals surface area (Å²) in [5, 5.41) is 7.96. The first-order chi connectivity index (χ1) is 20.3. The van der Waals surface area contributed by atoms with Crippen LogP contribution in [0.2, 0.25) is 5.02 Å². The van der Waals surface area contributed by atoms with Crippen LogP contribution in [0.1, 0.15) is 43.4 Å². The van der Waals surface area contributed by atoms with Crippen LogP contribution in [0.4, 0.5) is 23.2 Å². The third-order valence-corrected chi connectivity index (χ3v) is 8.68. The van der Waals surface area contributed by atoms with Crippen molar-refractivity contribution < 1.29 is 40.2 Å². The van der Waals surface area contributed by atoms with Crippen molar-refractivity contribution in [2.45, 2.75) is 43.9 Å². The van der Waals surface area contributed by atoms with Crippen LogP contribution in [-0.4, -0.2) is 45.7 Å². The Kier molecular flexibility index (Phi) is 9.55. The van der Waals surface area contributed by atoms with Gasteiger partial charge in [0.15, 0.2) is 10.8 Å². The van der Waals surface area contributed by atoms with Crippen molar-refractivity contribution in [1.29, 1.82) is 5.41 Å². The molecule has 0 fully saturated rings. The summed E-state index contributed by atoms with van der Waals surface area (Å²) in [5.74, 6) is -0.938. The van der Waals surface area contributed by atoms with Crippen molar-refractivity contribution in [2.75, 3.05) is 24.6 Å². The van der Waals surface area contributed by atoms with Gasteiger partial charge in [0.2, 0.25) is 5.88 Å². The number of nitrogens with zero attached hydrogens (tertiary/aromatic N) is 2. The number of benzene rings is 2. The Morgan fingerprint density at radius 2 is 2.00 bits per heavy atom. The molecule has 8 nitrogen and oxygen atoms in total. The number of methoxy groups -OCH3 is 1. The van der Waals surface area contributed by atoms with E-state index in [-0.39, 0.29) is 53.9 Å². The second-order valence-corrected chi connectivity index (χ2v) is 11.8. The molecule has 1 aromatic heterocycles. The summed E-state index contributed by atoms with van der Waals surface area (Å²) in [6.45, 7) is 2.84. The monoisotopic (exact) mass is 641 g/mol. The van der Waals surface area contributed by atoms with Crippen LogP contribution in [0.15, 0.2) is 53.6 Å². The molecule has 0 unspecified atom stereocenters. The van der Waals surface area contributed by atoms with Crippen LogP contribution >= 0.6 is 11.6 Å². The van der Waals surface area contributed by atoms with E-state index in [9.17, 15) is 26.0 Å². The lowest BCUT2D eigenvalue weighted by Crippen LogP contribution is -2.44. The first kappa shape index (κ1) is 32.1. The normalized spacial score (nSPS) is 15.5. The van der Waals surface area contributed by atoms with E-state index >= 15 is 0 Å². The summed E-state index contributed by atoms with van der Waals surface area (Å²) in [6.07, 6.45) is -3.22. The molecule has 43 heavy (non-hydrogen) atoms. The average molecular weight is 642 g/mol. The summed E-state index contributed by atoms with van der Waals surface area (Å²) in [7, 11) is -3.39. The van der Waals surface area contributed by atoms with Gasteiger partial charge in [0.05, 0.1) is 36.5 Å². The van der Waals surface area contributed by atoms with Crippen molar-refractivity contribution in [3.63, 3.8) is 0 Å². The highest BCUT2D eigenvalue weighted by molar-refractivity contribution is 7.93. The maximum atomic E-state index is 14.5. The molecule has 14 heteroatoms. The average Bonchev–Trinajstić information content (AvgIpc) is 2.95. The number of hydrogen-bond donors (Lipinski definition) is 1. The SMILES string of the molecule is CCOc1ncc(C(F)(F)F)cc1S(=O)(=O)N1C[C@H](CCC(=N)OC)Oc2ccc(/C=C(\C)c3c(F)cccc3Cl)cc21. The van der Waals surface area contributed by atoms with Crippen LogP contribution in [0.25, 0.3) is 11.6 Å². The number of ether oxygens (including phenoxy) is 3. The fraction of sp³-hybridized carbons (Fsp3) is 0.310. The van der Waals surface area contributed by atoms with E-state index in [2.05, 4.69) is 4.98 Å². The van der Waals surface area contributed by atoms with Crippen molar-refractivity contribution >= 4 is 44.9 Å². The highest BCUT2D eigenvalue weighted by Crippen LogP contribution is 2.42. The van der Waals surface area contributed by atoms with Gasteiger partial charge in [-0.2, -0.15) is 13.2 Å². The summed E-state index contributed by atoms with van der Waals surface area (Å²) in [5.41, 5.74) is -0.155. The minimum atomic E-state index is -4.86. The molecule has 1 aliphatic heterocycles. The van der Waals surface area contributed by atoms with Crippen LogP contribution in [0.5, 0.6) is 11.6 Å². The highest BCUT2D eigenvalue weighted by atomic mass is 35.5. The maximum absolute atomic E-state index is 14.5. The summed E-state index contributed by atoms with van der Waals surface area (Å²) in [4.78, 5) is 2.90. The molecule has 1 atom stereocenters. The molecular weight excluding hydrogens is 614 g/mol. The van der Waals surface area contributed by atoms with E-state index in [4.69, 9.17) is 31.2 Å². The van der Waals surface area contributed by atoms with E-state index < -0.39 is 44.5 Å². The second-order valence-electron chi connectivity index (χ2n) is 9.55. The van der Waals surface area contributed by atoms with Crippen LogP contribution in [0, 0.1) is 11.2 Å². The molecule has 4 rings (SSSR count). The number of alkyl halides is 3. The lowest BCUT2D eigenvalue weighted by Gasteiger charge is -2.36. The zero-order valence-corrected chi connectivity index (χ0v) is 24.9. The van der Waals surface area contributed by atoms with Gasteiger partial charge in [0.25, 0.3) is 10.0 Å². The van der Waals surface area contributed by atoms with Gasteiger partial charge < -0.3 is 14.2 Å². The van der Waals surface area contributed by atoms with E-state index in [0.717, 1.165) is 4.31 Å². The van der Waals surface area contributed by atoms with Crippen LogP contribution in [0.3, 0.4) is 0 Å². The number of rotatable bonds is 9. The second kappa shape index (κ2) is 12.8. The van der Waals surface area contributed by atoms with E-state index in [0.29, 0.717) is 23.4 Å². The number of anilines is 1. The fourth-order valence-electron chi connectivity index (χ4n) is 4.52. The van der Waals surface area contributed by atoms with Gasteiger partial charge >= 0.3 is 6.18 Å². The third-order valence-electron chi connectivity index (χ3n) is 6.59. The van der Waals surface area contributed by atoms with Crippen LogP contribution < -0.4 is 13.8 Å². The van der Waals surface area contributed by atoms with Crippen molar-refractivity contribution in [1.82, 2.24) is 4.98 Å². The van der Waals surface area contributed by atoms with Crippen LogP contribution in [-0.2, 0) is 20.9 Å². The zero-order chi connectivity index (χ0) is 31.5. The van der Waals surface area contributed by atoms with E-state index in [1.54, 1.807) is 26.0 Å². The number of halogens is 5. The molecule has 0 amide bonds. The molecule has 230 valence electrons. The molecule has 0 spiro atoms. The van der Waals surface area contributed by atoms with Gasteiger partial charge in [-0.1, -0.05) is 29.8 Å². The predicted octanol–water partition coefficient (Wildman–Crippen LogP) is 7.21. The molecule has 2 heterocycles. The quantitative estimate of drug-likeness (QED) is 0.115. The van der Waals surface area contributed by atoms with Crippen molar-refractivity contribution in [2.24, 2.45) is 0 Å². The number of sulfonamides is 1. The Hall–Kier alpha value is -3.84. The number of allylic oxidation sites excluding steroid dienone is 1. The van der Waals surface area contributed by atoms with Gasteiger partial charge in [-0.3, -0.25) is 9.71 Å². The maximum Gasteiger partial charge on any atom is 0.417 e. The Morgan fingerprint density at radius 3 is 2.65 bits per heavy atom. The smallest absolute Gasteiger partial charge is 0.417 e. The molecule has 0 radical (unpaired) electrons. The van der Waals surface area contributed by atoms with Gasteiger partial charge in [0, 0.05) is 18.2 Å². The fourth-order valence-corrected chi connectivity index (χ4v) is 6.45. The first-order valence-corrected chi connectivity index (χ1v) is 14.9. The molecular formula is C29H28ClF4N3O5S. The van der Waals surface area contributed by atoms with E-state index in [1.807, 2.05) is 0 Å². The number of nitrogens with one attached hydrogen (secondary N) is 1. The number of hydrogen-bond acceptors (Lipinski definition) is 7. The van der Waals surface area contributed by atoms with Crippen molar-refractivity contribution in [3.8, 4) is 11.6 Å². The number of aromatic nitrogens is 1. The van der Waals surface area contributed by atoms with Gasteiger partial charge in [0.1, 0.15) is 17.7 Å². The molecule has 1 aliphatic rings. The molecule has 0 saturated carbocycles. The number of pyridine rings is 1.